The lowest BCUT2D eigenvalue weighted by Gasteiger charge is -2.20. The molecule has 0 saturated carbocycles. The van der Waals surface area contributed by atoms with Crippen LogP contribution in [0.2, 0.25) is 0 Å². The summed E-state index contributed by atoms with van der Waals surface area (Å²) < 4.78 is 4.88. The second-order valence-electron chi connectivity index (χ2n) is 3.26. The van der Waals surface area contributed by atoms with Gasteiger partial charge in [-0.05, 0) is 20.8 Å². The summed E-state index contributed by atoms with van der Waals surface area (Å²) >= 11 is 0. The van der Waals surface area contributed by atoms with Crippen LogP contribution in [0.1, 0.15) is 20.8 Å². The van der Waals surface area contributed by atoms with E-state index in [0.29, 0.717) is 0 Å². The van der Waals surface area contributed by atoms with Crippen molar-refractivity contribution in [2.45, 2.75) is 32.5 Å². The average molecular weight is 144 g/mol. The lowest BCUT2D eigenvalue weighted by Crippen LogP contribution is -2.34. The Morgan fingerprint density at radius 2 is 2.10 bits per heavy atom. The number of aliphatic hydroxyl groups is 1. The highest BCUT2D eigenvalue weighted by Crippen LogP contribution is 2.30. The molecule has 0 aromatic carbocycles. The molecule has 0 unspecified atom stereocenters. The molecule has 3 nitrogen and oxygen atoms in total. The van der Waals surface area contributed by atoms with Crippen LogP contribution >= 0.6 is 0 Å². The molecule has 0 radical (unpaired) electrons. The van der Waals surface area contributed by atoms with Crippen molar-refractivity contribution in [1.82, 2.24) is 0 Å². The van der Waals surface area contributed by atoms with Crippen molar-refractivity contribution < 1.29 is 14.6 Å². The van der Waals surface area contributed by atoms with E-state index >= 15 is 0 Å². The number of cyclic esters (lactones) is 1. The summed E-state index contributed by atoms with van der Waals surface area (Å²) in [4.78, 5) is 10.8. The maximum absolute atomic E-state index is 10.8. The van der Waals surface area contributed by atoms with E-state index in [2.05, 4.69) is 0 Å². The van der Waals surface area contributed by atoms with Crippen LogP contribution in [-0.2, 0) is 9.53 Å². The molecule has 0 aliphatic carbocycles. The first-order valence-corrected chi connectivity index (χ1v) is 3.36. The Morgan fingerprint density at radius 3 is 2.20 bits per heavy atom. The predicted molar refractivity (Wildman–Crippen MR) is 35.3 cm³/mol. The molecule has 10 heavy (non-hydrogen) atoms. The molecular formula is C7H12O3. The van der Waals surface area contributed by atoms with Crippen molar-refractivity contribution >= 4 is 5.97 Å². The van der Waals surface area contributed by atoms with Gasteiger partial charge in [-0.3, -0.25) is 4.79 Å². The fourth-order valence-electron chi connectivity index (χ4n) is 1.14. The first-order valence-electron chi connectivity index (χ1n) is 3.36. The molecule has 1 aliphatic rings. The summed E-state index contributed by atoms with van der Waals surface area (Å²) in [5.74, 6) is -0.688. The van der Waals surface area contributed by atoms with Crippen molar-refractivity contribution in [2.75, 3.05) is 0 Å². The molecule has 0 bridgehead atoms. The van der Waals surface area contributed by atoms with Crippen LogP contribution in [-0.4, -0.2) is 22.8 Å². The van der Waals surface area contributed by atoms with Crippen LogP contribution in [0.25, 0.3) is 0 Å². The monoisotopic (exact) mass is 144 g/mol. The highest BCUT2D eigenvalue weighted by molar-refractivity contribution is 5.75. The standard InChI is InChI=1S/C7H12O3/c1-4-5(8)7(2,3)10-6(4)9/h4-5,8H,1-3H3/t4-,5-/m1/s1. The second kappa shape index (κ2) is 1.95. The van der Waals surface area contributed by atoms with Gasteiger partial charge in [0, 0.05) is 0 Å². The van der Waals surface area contributed by atoms with E-state index in [0.717, 1.165) is 0 Å². The van der Waals surface area contributed by atoms with Gasteiger partial charge in [0.05, 0.1) is 5.92 Å². The SMILES string of the molecule is C[C@H]1C(=O)OC(C)(C)[C@@H]1O. The molecule has 1 N–H and O–H groups in total. The van der Waals surface area contributed by atoms with Crippen molar-refractivity contribution in [3.8, 4) is 0 Å². The number of carbonyl (C=O) groups is 1. The third-order valence-electron chi connectivity index (χ3n) is 1.92. The minimum Gasteiger partial charge on any atom is -0.457 e. The van der Waals surface area contributed by atoms with Crippen LogP contribution in [0.3, 0.4) is 0 Å². The van der Waals surface area contributed by atoms with E-state index in [1.807, 2.05) is 0 Å². The van der Waals surface area contributed by atoms with Crippen molar-refractivity contribution in [1.29, 1.82) is 0 Å². The summed E-state index contributed by atoms with van der Waals surface area (Å²) in [7, 11) is 0. The molecular weight excluding hydrogens is 132 g/mol. The van der Waals surface area contributed by atoms with E-state index in [1.165, 1.54) is 0 Å². The first-order chi connectivity index (χ1) is 4.45. The van der Waals surface area contributed by atoms with Crippen LogP contribution in [0.5, 0.6) is 0 Å². The maximum Gasteiger partial charge on any atom is 0.312 e. The minimum absolute atomic E-state index is 0.308. The lowest BCUT2D eigenvalue weighted by molar-refractivity contribution is -0.149. The number of hydrogen-bond donors (Lipinski definition) is 1. The quantitative estimate of drug-likeness (QED) is 0.498. The van der Waals surface area contributed by atoms with Gasteiger partial charge in [0.15, 0.2) is 0 Å². The van der Waals surface area contributed by atoms with E-state index in [4.69, 9.17) is 4.74 Å². The van der Waals surface area contributed by atoms with E-state index in [9.17, 15) is 9.90 Å². The normalized spacial score (nSPS) is 37.8. The van der Waals surface area contributed by atoms with Gasteiger partial charge in [0.2, 0.25) is 0 Å². The van der Waals surface area contributed by atoms with Gasteiger partial charge in [-0.1, -0.05) is 0 Å². The molecule has 1 heterocycles. The summed E-state index contributed by atoms with van der Waals surface area (Å²) in [5, 5.41) is 9.35. The van der Waals surface area contributed by atoms with Gasteiger partial charge in [-0.15, -0.1) is 0 Å². The predicted octanol–water partition coefficient (Wildman–Crippen LogP) is 0.319. The largest absolute Gasteiger partial charge is 0.457 e. The fraction of sp³-hybridized carbons (Fsp3) is 0.857. The van der Waals surface area contributed by atoms with Crippen molar-refractivity contribution in [2.24, 2.45) is 5.92 Å². The van der Waals surface area contributed by atoms with Crippen LogP contribution in [0.4, 0.5) is 0 Å². The Hall–Kier alpha value is -0.570. The maximum atomic E-state index is 10.8. The highest BCUT2D eigenvalue weighted by atomic mass is 16.6. The molecule has 3 heteroatoms. The van der Waals surface area contributed by atoms with Gasteiger partial charge < -0.3 is 9.84 Å². The number of aliphatic hydroxyl groups excluding tert-OH is 1. The number of esters is 1. The Labute approximate surface area is 60.0 Å². The Kier molecular flexibility index (Phi) is 1.47. The van der Waals surface area contributed by atoms with E-state index in [1.54, 1.807) is 20.8 Å². The van der Waals surface area contributed by atoms with Gasteiger partial charge in [-0.2, -0.15) is 0 Å². The van der Waals surface area contributed by atoms with Crippen molar-refractivity contribution in [3.05, 3.63) is 0 Å². The molecule has 0 aromatic rings. The van der Waals surface area contributed by atoms with Gasteiger partial charge in [0.1, 0.15) is 11.7 Å². The summed E-state index contributed by atoms with van der Waals surface area (Å²) in [6.45, 7) is 5.08. The fourth-order valence-corrected chi connectivity index (χ4v) is 1.14. The second-order valence-corrected chi connectivity index (χ2v) is 3.26. The molecule has 1 rings (SSSR count). The molecule has 0 spiro atoms. The van der Waals surface area contributed by atoms with Crippen LogP contribution < -0.4 is 0 Å². The van der Waals surface area contributed by atoms with Crippen LogP contribution in [0, 0.1) is 5.92 Å². The molecule has 0 amide bonds. The summed E-state index contributed by atoms with van der Waals surface area (Å²) in [6.07, 6.45) is -0.667. The Bertz CT molecular complexity index is 162. The molecule has 1 fully saturated rings. The molecule has 1 aliphatic heterocycles. The average Bonchev–Trinajstić information content (AvgIpc) is 1.95. The molecule has 2 atom stereocenters. The zero-order valence-corrected chi connectivity index (χ0v) is 6.42. The Morgan fingerprint density at radius 1 is 1.60 bits per heavy atom. The highest BCUT2D eigenvalue weighted by Gasteiger charge is 2.46. The zero-order valence-electron chi connectivity index (χ0n) is 6.42. The number of hydrogen-bond acceptors (Lipinski definition) is 3. The van der Waals surface area contributed by atoms with Gasteiger partial charge in [-0.25, -0.2) is 0 Å². The third-order valence-corrected chi connectivity index (χ3v) is 1.92. The van der Waals surface area contributed by atoms with E-state index in [-0.39, 0.29) is 11.9 Å². The summed E-state index contributed by atoms with van der Waals surface area (Å²) in [5.41, 5.74) is -0.698. The summed E-state index contributed by atoms with van der Waals surface area (Å²) in [6, 6.07) is 0. The number of rotatable bonds is 0. The number of ether oxygens (including phenoxy) is 1. The van der Waals surface area contributed by atoms with Crippen LogP contribution in [0.15, 0.2) is 0 Å². The molecule has 1 saturated heterocycles. The van der Waals surface area contributed by atoms with Gasteiger partial charge >= 0.3 is 5.97 Å². The molecule has 0 aromatic heterocycles. The van der Waals surface area contributed by atoms with Gasteiger partial charge in [0.25, 0.3) is 0 Å². The van der Waals surface area contributed by atoms with E-state index < -0.39 is 11.7 Å². The first kappa shape index (κ1) is 7.54. The topological polar surface area (TPSA) is 46.5 Å². The lowest BCUT2D eigenvalue weighted by atomic mass is 9.95. The number of carbonyl (C=O) groups excluding carboxylic acids is 1. The molecule has 58 valence electrons. The Balaban J connectivity index is 2.81. The zero-order chi connectivity index (χ0) is 7.94. The minimum atomic E-state index is -0.698. The van der Waals surface area contributed by atoms with Crippen molar-refractivity contribution in [3.63, 3.8) is 0 Å². The smallest absolute Gasteiger partial charge is 0.312 e. The third kappa shape index (κ3) is 0.904.